The third kappa shape index (κ3) is 3.30. The van der Waals surface area contributed by atoms with Crippen LogP contribution in [0.5, 0.6) is 5.88 Å². The predicted molar refractivity (Wildman–Crippen MR) is 105 cm³/mol. The van der Waals surface area contributed by atoms with E-state index in [2.05, 4.69) is 31.8 Å². The number of morpholine rings is 1. The number of hydrogen-bond donors (Lipinski definition) is 2. The van der Waals surface area contributed by atoms with Gasteiger partial charge in [-0.3, -0.25) is 0 Å². The molecule has 3 aromatic heterocycles. The summed E-state index contributed by atoms with van der Waals surface area (Å²) >= 11 is 0. The summed E-state index contributed by atoms with van der Waals surface area (Å²) in [7, 11) is 1.52. The van der Waals surface area contributed by atoms with Crippen molar-refractivity contribution in [3.05, 3.63) is 30.0 Å². The van der Waals surface area contributed by atoms with Crippen LogP contribution in [-0.4, -0.2) is 58.0 Å². The van der Waals surface area contributed by atoms with Gasteiger partial charge in [0, 0.05) is 23.9 Å². The topological polar surface area (TPSA) is 120 Å². The first kappa shape index (κ1) is 18.3. The number of aliphatic hydroxyl groups excluding tert-OH is 1. The molecule has 0 amide bonds. The molecule has 146 valence electrons. The highest BCUT2D eigenvalue weighted by Crippen LogP contribution is 2.29. The molecule has 0 spiro atoms. The number of aliphatic hydroxyl groups is 1. The first-order chi connectivity index (χ1) is 13.6. The molecule has 0 unspecified atom stereocenters. The minimum atomic E-state index is -0.175. The fourth-order valence-electron chi connectivity index (χ4n) is 3.37. The highest BCUT2D eigenvalue weighted by molar-refractivity contribution is 5.89. The van der Waals surface area contributed by atoms with Crippen molar-refractivity contribution in [3.63, 3.8) is 0 Å². The van der Waals surface area contributed by atoms with E-state index in [0.717, 1.165) is 23.3 Å². The van der Waals surface area contributed by atoms with Gasteiger partial charge in [-0.2, -0.15) is 9.97 Å². The summed E-state index contributed by atoms with van der Waals surface area (Å²) in [5.74, 6) is 1.33. The Kier molecular flexibility index (Phi) is 4.93. The van der Waals surface area contributed by atoms with Crippen molar-refractivity contribution in [3.8, 4) is 17.1 Å². The van der Waals surface area contributed by atoms with E-state index in [9.17, 15) is 5.11 Å². The lowest BCUT2D eigenvalue weighted by Gasteiger charge is -2.34. The normalized spacial score (nSPS) is 17.1. The molecule has 9 heteroatoms. The lowest BCUT2D eigenvalue weighted by atomic mass is 10.1. The molecule has 1 fully saturated rings. The third-order valence-corrected chi connectivity index (χ3v) is 4.78. The van der Waals surface area contributed by atoms with Crippen LogP contribution in [0.25, 0.3) is 22.3 Å². The molecular formula is C19H22N6O3. The van der Waals surface area contributed by atoms with Gasteiger partial charge in [0.05, 0.1) is 44.1 Å². The number of rotatable bonds is 4. The van der Waals surface area contributed by atoms with Gasteiger partial charge in [0.2, 0.25) is 11.8 Å². The van der Waals surface area contributed by atoms with Crippen LogP contribution in [0.15, 0.2) is 24.4 Å². The number of hydrogen-bond acceptors (Lipinski definition) is 9. The van der Waals surface area contributed by atoms with Crippen molar-refractivity contribution in [1.29, 1.82) is 0 Å². The van der Waals surface area contributed by atoms with Crippen LogP contribution in [0.1, 0.15) is 12.5 Å². The molecule has 28 heavy (non-hydrogen) atoms. The molecule has 0 bridgehead atoms. The second-order valence-corrected chi connectivity index (χ2v) is 6.64. The molecule has 3 aromatic rings. The van der Waals surface area contributed by atoms with Crippen molar-refractivity contribution in [2.45, 2.75) is 19.6 Å². The zero-order chi connectivity index (χ0) is 19.7. The summed E-state index contributed by atoms with van der Waals surface area (Å²) in [6.45, 7) is 3.92. The molecule has 9 nitrogen and oxygen atoms in total. The molecular weight excluding hydrogens is 360 g/mol. The third-order valence-electron chi connectivity index (χ3n) is 4.78. The Bertz CT molecular complexity index is 1010. The van der Waals surface area contributed by atoms with E-state index in [0.29, 0.717) is 36.0 Å². The van der Waals surface area contributed by atoms with E-state index >= 15 is 0 Å². The minimum Gasteiger partial charge on any atom is -0.481 e. The van der Waals surface area contributed by atoms with E-state index in [-0.39, 0.29) is 18.6 Å². The summed E-state index contributed by atoms with van der Waals surface area (Å²) < 4.78 is 10.7. The summed E-state index contributed by atoms with van der Waals surface area (Å²) in [6, 6.07) is 5.82. The number of pyridine rings is 2. The second kappa shape index (κ2) is 7.53. The van der Waals surface area contributed by atoms with Gasteiger partial charge in [0.1, 0.15) is 5.82 Å². The van der Waals surface area contributed by atoms with E-state index in [4.69, 9.17) is 15.2 Å². The van der Waals surface area contributed by atoms with Gasteiger partial charge in [0.15, 0.2) is 5.65 Å². The Morgan fingerprint density at radius 3 is 2.93 bits per heavy atom. The number of ether oxygens (including phenoxy) is 2. The number of nitrogens with two attached hydrogens (primary N) is 1. The molecule has 1 atom stereocenters. The van der Waals surface area contributed by atoms with Gasteiger partial charge in [-0.15, -0.1) is 0 Å². The summed E-state index contributed by atoms with van der Waals surface area (Å²) in [5, 5.41) is 10.4. The summed E-state index contributed by atoms with van der Waals surface area (Å²) in [4.78, 5) is 19.9. The fraction of sp³-hybridized carbons (Fsp3) is 0.368. The average molecular weight is 382 g/mol. The fourth-order valence-corrected chi connectivity index (χ4v) is 3.37. The largest absolute Gasteiger partial charge is 0.481 e. The second-order valence-electron chi connectivity index (χ2n) is 6.64. The predicted octanol–water partition coefficient (Wildman–Crippen LogP) is 1.39. The SMILES string of the molecule is COc1ncc(-c2ccc3c(N4CCOC[C@@H]4C)nc(N)nc3n2)cc1CO. The number of methoxy groups -OCH3 is 1. The molecule has 1 aliphatic heterocycles. The van der Waals surface area contributed by atoms with Crippen molar-refractivity contribution in [1.82, 2.24) is 19.9 Å². The Morgan fingerprint density at radius 2 is 2.18 bits per heavy atom. The van der Waals surface area contributed by atoms with Gasteiger partial charge in [-0.05, 0) is 25.1 Å². The van der Waals surface area contributed by atoms with Gasteiger partial charge in [0.25, 0.3) is 0 Å². The molecule has 4 heterocycles. The Balaban J connectivity index is 1.80. The first-order valence-electron chi connectivity index (χ1n) is 9.03. The van der Waals surface area contributed by atoms with Gasteiger partial charge in [-0.1, -0.05) is 0 Å². The zero-order valence-corrected chi connectivity index (χ0v) is 15.8. The van der Waals surface area contributed by atoms with Crippen LogP contribution in [-0.2, 0) is 11.3 Å². The monoisotopic (exact) mass is 382 g/mol. The molecule has 0 aliphatic carbocycles. The van der Waals surface area contributed by atoms with Crippen molar-refractivity contribution in [2.24, 2.45) is 0 Å². The van der Waals surface area contributed by atoms with Gasteiger partial charge < -0.3 is 25.2 Å². The van der Waals surface area contributed by atoms with Crippen LogP contribution in [0.4, 0.5) is 11.8 Å². The quantitative estimate of drug-likeness (QED) is 0.690. The lowest BCUT2D eigenvalue weighted by molar-refractivity contribution is 0.0987. The summed E-state index contributed by atoms with van der Waals surface area (Å²) in [6.07, 6.45) is 1.65. The van der Waals surface area contributed by atoms with Crippen molar-refractivity contribution < 1.29 is 14.6 Å². The van der Waals surface area contributed by atoms with Crippen LogP contribution >= 0.6 is 0 Å². The van der Waals surface area contributed by atoms with Crippen LogP contribution in [0.3, 0.4) is 0 Å². The van der Waals surface area contributed by atoms with E-state index in [1.165, 1.54) is 7.11 Å². The molecule has 0 saturated carbocycles. The number of nitrogen functional groups attached to an aromatic ring is 1. The number of aromatic nitrogens is 4. The zero-order valence-electron chi connectivity index (χ0n) is 15.8. The summed E-state index contributed by atoms with van der Waals surface area (Å²) in [5.41, 5.74) is 8.50. The van der Waals surface area contributed by atoms with E-state index in [1.54, 1.807) is 12.3 Å². The average Bonchev–Trinajstić information content (AvgIpc) is 2.72. The Labute approximate surface area is 162 Å². The van der Waals surface area contributed by atoms with E-state index < -0.39 is 0 Å². The minimum absolute atomic E-state index is 0.175. The Morgan fingerprint density at radius 1 is 1.32 bits per heavy atom. The van der Waals surface area contributed by atoms with Gasteiger partial charge >= 0.3 is 0 Å². The van der Waals surface area contributed by atoms with Gasteiger partial charge in [-0.25, -0.2) is 9.97 Å². The molecule has 0 aromatic carbocycles. The number of anilines is 2. The van der Waals surface area contributed by atoms with Crippen molar-refractivity contribution in [2.75, 3.05) is 37.5 Å². The maximum absolute atomic E-state index is 9.54. The lowest BCUT2D eigenvalue weighted by Crippen LogP contribution is -2.44. The standard InChI is InChI=1S/C19H22N6O3/c1-11-10-28-6-5-25(11)17-14-3-4-15(22-16(14)23-19(20)24-17)12-7-13(9-26)18(27-2)21-8-12/h3-4,7-8,11,26H,5-6,9-10H2,1-2H3,(H2,20,22,23,24)/t11-/m0/s1. The van der Waals surface area contributed by atoms with Crippen LogP contribution in [0.2, 0.25) is 0 Å². The molecule has 0 radical (unpaired) electrons. The van der Waals surface area contributed by atoms with Crippen molar-refractivity contribution >= 4 is 22.8 Å². The molecule has 1 aliphatic rings. The first-order valence-corrected chi connectivity index (χ1v) is 9.03. The maximum atomic E-state index is 9.54. The molecule has 1 saturated heterocycles. The van der Waals surface area contributed by atoms with Crippen LogP contribution < -0.4 is 15.4 Å². The molecule has 3 N–H and O–H groups in total. The maximum Gasteiger partial charge on any atom is 0.224 e. The number of nitrogens with zero attached hydrogens (tertiary/aromatic N) is 5. The number of fused-ring (bicyclic) bond motifs is 1. The highest BCUT2D eigenvalue weighted by atomic mass is 16.5. The van der Waals surface area contributed by atoms with E-state index in [1.807, 2.05) is 12.1 Å². The Hall–Kier alpha value is -3.04. The highest BCUT2D eigenvalue weighted by Gasteiger charge is 2.23. The smallest absolute Gasteiger partial charge is 0.224 e. The molecule has 4 rings (SSSR count). The van der Waals surface area contributed by atoms with Crippen LogP contribution in [0, 0.1) is 0 Å².